The van der Waals surface area contributed by atoms with Gasteiger partial charge in [-0.3, -0.25) is 0 Å². The topological polar surface area (TPSA) is 48.0 Å². The molecule has 0 saturated carbocycles. The molecule has 0 aliphatic carbocycles. The number of alkyl halides is 4. The van der Waals surface area contributed by atoms with Crippen LogP contribution in [-0.4, -0.2) is 42.6 Å². The molecule has 2 fully saturated rings. The van der Waals surface area contributed by atoms with Crippen LogP contribution in [0.25, 0.3) is 0 Å². The van der Waals surface area contributed by atoms with Crippen molar-refractivity contribution in [3.8, 4) is 0 Å². The van der Waals surface area contributed by atoms with Crippen LogP contribution in [0.4, 0.5) is 26.7 Å². The number of carbonyl (C=O) groups is 1. The van der Waals surface area contributed by atoms with Gasteiger partial charge in [0.05, 0.1) is 18.3 Å². The van der Waals surface area contributed by atoms with Crippen molar-refractivity contribution < 1.29 is 41.0 Å². The number of fused-ring (bicyclic) bond motifs is 1. The molecule has 0 spiro atoms. The number of carbonyl (C=O) groups excluding carboxylic acids is 1. The van der Waals surface area contributed by atoms with Crippen LogP contribution in [0.5, 0.6) is 0 Å². The van der Waals surface area contributed by atoms with Crippen LogP contribution >= 0.6 is 0 Å². The first-order valence-electron chi connectivity index (χ1n) is 12.5. The van der Waals surface area contributed by atoms with Crippen molar-refractivity contribution in [1.82, 2.24) is 4.90 Å². The van der Waals surface area contributed by atoms with Gasteiger partial charge in [0.15, 0.2) is 6.29 Å². The van der Waals surface area contributed by atoms with Crippen LogP contribution in [0.2, 0.25) is 0 Å². The van der Waals surface area contributed by atoms with E-state index in [4.69, 9.17) is 14.2 Å². The third-order valence-electron chi connectivity index (χ3n) is 6.93. The second-order valence-electron chi connectivity index (χ2n) is 11.0. The molecule has 5 atom stereocenters. The molecule has 2 aromatic rings. The van der Waals surface area contributed by atoms with Gasteiger partial charge in [-0.1, -0.05) is 18.2 Å². The molecule has 2 saturated heterocycles. The van der Waals surface area contributed by atoms with Crippen molar-refractivity contribution in [2.24, 2.45) is 11.8 Å². The molecule has 0 N–H and O–H groups in total. The molecule has 4 rings (SSSR count). The summed E-state index contributed by atoms with van der Waals surface area (Å²) in [4.78, 5) is 14.4. The molecule has 0 aromatic heterocycles. The van der Waals surface area contributed by atoms with Crippen LogP contribution in [0.3, 0.4) is 0 Å². The van der Waals surface area contributed by atoms with Crippen LogP contribution in [0, 0.1) is 17.7 Å². The standard InChI is InChI=1S/C28H32F5NO4/c1-16(19-9-17(12-29)10-21(11-19)28(31,32)33)37-25-24(18-5-7-22(30)8-6-18)23-14-34(13-20(23)15-36-25)26(35)38-27(2,3)4/h5-11,16,20,23-25H,12-15H2,1-4H3/t16-,20+,23-,24+,25+/m1/s1. The summed E-state index contributed by atoms with van der Waals surface area (Å²) in [6.07, 6.45) is -6.84. The number of nitrogens with zero attached hydrogens (tertiary/aromatic N) is 1. The number of benzene rings is 2. The van der Waals surface area contributed by atoms with Crippen molar-refractivity contribution in [2.75, 3.05) is 19.7 Å². The molecule has 2 aliphatic heterocycles. The zero-order valence-electron chi connectivity index (χ0n) is 21.7. The summed E-state index contributed by atoms with van der Waals surface area (Å²) in [6.45, 7) is 6.91. The Bertz CT molecular complexity index is 1130. The monoisotopic (exact) mass is 541 g/mol. The molecule has 38 heavy (non-hydrogen) atoms. The number of rotatable bonds is 5. The maximum Gasteiger partial charge on any atom is 0.416 e. The predicted octanol–water partition coefficient (Wildman–Crippen LogP) is 7.01. The van der Waals surface area contributed by atoms with Crippen LogP contribution in [0.1, 0.15) is 62.0 Å². The lowest BCUT2D eigenvalue weighted by molar-refractivity contribution is -0.217. The van der Waals surface area contributed by atoms with Gasteiger partial charge in [0, 0.05) is 24.9 Å². The van der Waals surface area contributed by atoms with Gasteiger partial charge < -0.3 is 19.1 Å². The smallest absolute Gasteiger partial charge is 0.416 e. The lowest BCUT2D eigenvalue weighted by Crippen LogP contribution is -2.42. The minimum Gasteiger partial charge on any atom is -0.444 e. The van der Waals surface area contributed by atoms with Crippen molar-refractivity contribution >= 4 is 6.09 Å². The number of ether oxygens (including phenoxy) is 3. The normalized spacial score (nSPS) is 24.7. The molecular formula is C28H32F5NO4. The Kier molecular flexibility index (Phi) is 8.04. The van der Waals surface area contributed by atoms with Gasteiger partial charge in [-0.2, -0.15) is 13.2 Å². The Morgan fingerprint density at radius 3 is 2.39 bits per heavy atom. The number of hydrogen-bond acceptors (Lipinski definition) is 4. The molecule has 2 aliphatic rings. The van der Waals surface area contributed by atoms with E-state index in [1.54, 1.807) is 44.7 Å². The second kappa shape index (κ2) is 10.8. The average molecular weight is 542 g/mol. The summed E-state index contributed by atoms with van der Waals surface area (Å²) in [5, 5.41) is 0. The third kappa shape index (κ3) is 6.46. The Balaban J connectivity index is 1.61. The summed E-state index contributed by atoms with van der Waals surface area (Å²) in [6, 6.07) is 8.95. The third-order valence-corrected chi connectivity index (χ3v) is 6.93. The predicted molar refractivity (Wildman–Crippen MR) is 129 cm³/mol. The van der Waals surface area contributed by atoms with E-state index in [0.717, 1.165) is 17.7 Å². The largest absolute Gasteiger partial charge is 0.444 e. The zero-order chi connectivity index (χ0) is 27.8. The Morgan fingerprint density at radius 1 is 1.11 bits per heavy atom. The zero-order valence-corrected chi connectivity index (χ0v) is 21.7. The fourth-order valence-electron chi connectivity index (χ4n) is 5.17. The van der Waals surface area contributed by atoms with Gasteiger partial charge in [0.1, 0.15) is 18.1 Å². The molecule has 0 unspecified atom stereocenters. The van der Waals surface area contributed by atoms with Gasteiger partial charge in [0.25, 0.3) is 0 Å². The van der Waals surface area contributed by atoms with E-state index >= 15 is 0 Å². The minimum atomic E-state index is -4.64. The van der Waals surface area contributed by atoms with E-state index in [0.29, 0.717) is 13.1 Å². The van der Waals surface area contributed by atoms with Crippen molar-refractivity contribution in [3.63, 3.8) is 0 Å². The quantitative estimate of drug-likeness (QED) is 0.382. The first-order valence-corrected chi connectivity index (χ1v) is 12.5. The molecule has 0 bridgehead atoms. The molecule has 0 radical (unpaired) electrons. The highest BCUT2D eigenvalue weighted by molar-refractivity contribution is 5.68. The summed E-state index contributed by atoms with van der Waals surface area (Å²) in [5.41, 5.74) is -0.839. The maximum absolute atomic E-state index is 13.7. The lowest BCUT2D eigenvalue weighted by atomic mass is 9.77. The van der Waals surface area contributed by atoms with Crippen molar-refractivity contribution in [3.05, 3.63) is 70.5 Å². The molecule has 208 valence electrons. The number of likely N-dealkylation sites (tertiary alicyclic amines) is 1. The average Bonchev–Trinajstić information content (AvgIpc) is 3.27. The second-order valence-corrected chi connectivity index (χ2v) is 11.0. The lowest BCUT2D eigenvalue weighted by Gasteiger charge is -2.40. The van der Waals surface area contributed by atoms with Gasteiger partial charge in [-0.15, -0.1) is 0 Å². The van der Waals surface area contributed by atoms with E-state index in [1.807, 2.05) is 0 Å². The fourth-order valence-corrected chi connectivity index (χ4v) is 5.17. The summed E-state index contributed by atoms with van der Waals surface area (Å²) in [5.74, 6) is -1.02. The Labute approximate surface area is 218 Å². The highest BCUT2D eigenvalue weighted by Gasteiger charge is 2.48. The van der Waals surface area contributed by atoms with Gasteiger partial charge in [0.2, 0.25) is 0 Å². The Hall–Kier alpha value is -2.72. The molecule has 1 amide bonds. The number of halogens is 5. The summed E-state index contributed by atoms with van der Waals surface area (Å²) in [7, 11) is 0. The van der Waals surface area contributed by atoms with Crippen molar-refractivity contribution in [1.29, 1.82) is 0 Å². The Morgan fingerprint density at radius 2 is 1.79 bits per heavy atom. The van der Waals surface area contributed by atoms with Crippen molar-refractivity contribution in [2.45, 2.75) is 64.5 Å². The van der Waals surface area contributed by atoms with Crippen LogP contribution < -0.4 is 0 Å². The van der Waals surface area contributed by atoms with Gasteiger partial charge >= 0.3 is 12.3 Å². The minimum absolute atomic E-state index is 0.0422. The highest BCUT2D eigenvalue weighted by Crippen LogP contribution is 2.45. The number of amides is 1. The first kappa shape index (κ1) is 28.3. The first-order chi connectivity index (χ1) is 17.7. The summed E-state index contributed by atoms with van der Waals surface area (Å²) >= 11 is 0. The SMILES string of the molecule is C[C@@H](O[C@@H]1OC[C@@H]2CN(C(=O)OC(C)(C)C)C[C@H]2[C@@H]1c1ccc(F)cc1)c1cc(CF)cc(C(F)(F)F)c1. The molecule has 5 nitrogen and oxygen atoms in total. The van der Waals surface area contributed by atoms with E-state index in [-0.39, 0.29) is 29.6 Å². The fraction of sp³-hybridized carbons (Fsp3) is 0.536. The molecule has 2 heterocycles. The van der Waals surface area contributed by atoms with Crippen LogP contribution in [0.15, 0.2) is 42.5 Å². The van der Waals surface area contributed by atoms with E-state index in [2.05, 4.69) is 0 Å². The summed E-state index contributed by atoms with van der Waals surface area (Å²) < 4.78 is 85.1. The van der Waals surface area contributed by atoms with E-state index in [1.165, 1.54) is 18.2 Å². The van der Waals surface area contributed by atoms with E-state index in [9.17, 15) is 26.7 Å². The van der Waals surface area contributed by atoms with Crippen LogP contribution in [-0.2, 0) is 27.1 Å². The highest BCUT2D eigenvalue weighted by atomic mass is 19.4. The van der Waals surface area contributed by atoms with E-state index < -0.39 is 54.2 Å². The number of hydrogen-bond donors (Lipinski definition) is 0. The maximum atomic E-state index is 13.7. The molecule has 10 heteroatoms. The van der Waals surface area contributed by atoms with Gasteiger partial charge in [-0.25, -0.2) is 13.6 Å². The van der Waals surface area contributed by atoms with Gasteiger partial charge in [-0.05, 0) is 74.6 Å². The molecule has 2 aromatic carbocycles. The molecular weight excluding hydrogens is 509 g/mol.